The van der Waals surface area contributed by atoms with E-state index < -0.39 is 0 Å². The molecule has 0 aliphatic rings. The molecule has 0 nitrogen and oxygen atoms in total. The Labute approximate surface area is 286 Å². The normalized spacial score (nSPS) is 13.8. The molecule has 0 spiro atoms. The molecule has 0 aromatic heterocycles. The fraction of sp³-hybridized carbons (Fsp3) is 0.692. The largest absolute Gasteiger partial charge is 2.00 e. The second kappa shape index (κ2) is 18.5. The summed E-state index contributed by atoms with van der Waals surface area (Å²) in [5.74, 6) is 0. The summed E-state index contributed by atoms with van der Waals surface area (Å²) < 4.78 is 0. The SMILES string of the molecule is C=C(C=C(C)C(C)(C)C)C(C)(C)C.[CH-]=C(C=C(C)C(C)(C)C)C(C)(C)C.[CH-]=C(C=C(C)C(C)(C)C)C(C)(C)C.[Ru+2].[Ru]. The third-order valence-corrected chi connectivity index (χ3v) is 7.38. The standard InChI is InChI=1S/C13H24.2C13H23.2Ru/c3*1-10(12(3,4)5)9-11(2)13(6,7)8;;/h9H,1H2,2-8H3;2*1,9H,2-8H3;;/q;2*-1;;+2. The molecule has 0 heterocycles. The van der Waals surface area contributed by atoms with Gasteiger partial charge in [0.1, 0.15) is 0 Å². The van der Waals surface area contributed by atoms with Gasteiger partial charge in [-0.1, -0.05) is 157 Å². The van der Waals surface area contributed by atoms with Crippen molar-refractivity contribution in [2.24, 2.45) is 32.5 Å². The Balaban J connectivity index is -0.000000154. The van der Waals surface area contributed by atoms with Crippen LogP contribution in [0.3, 0.4) is 0 Å². The molecular weight excluding hydrogens is 671 g/mol. The molecule has 0 aliphatic carbocycles. The molecule has 0 rings (SSSR count). The van der Waals surface area contributed by atoms with Crippen LogP contribution in [0.2, 0.25) is 0 Å². The minimum absolute atomic E-state index is 0. The van der Waals surface area contributed by atoms with Gasteiger partial charge in [0, 0.05) is 19.5 Å². The van der Waals surface area contributed by atoms with Crippen molar-refractivity contribution in [2.45, 2.75) is 145 Å². The Morgan fingerprint density at radius 3 is 0.756 bits per heavy atom. The summed E-state index contributed by atoms with van der Waals surface area (Å²) in [6.45, 7) is 61.8. The quantitative estimate of drug-likeness (QED) is 0.154. The van der Waals surface area contributed by atoms with E-state index in [2.05, 4.69) is 170 Å². The molecular formula is C39H70Ru2. The van der Waals surface area contributed by atoms with Crippen LogP contribution in [0.15, 0.2) is 58.2 Å². The third kappa shape index (κ3) is 24.8. The molecule has 0 fully saturated rings. The predicted molar refractivity (Wildman–Crippen MR) is 183 cm³/mol. The Morgan fingerprint density at radius 1 is 0.415 bits per heavy atom. The first-order valence-corrected chi connectivity index (χ1v) is 14.7. The molecule has 0 radical (unpaired) electrons. The number of hydrogen-bond acceptors (Lipinski definition) is 0. The zero-order chi connectivity index (χ0) is 32.6. The number of hydrogen-bond donors (Lipinski definition) is 0. The van der Waals surface area contributed by atoms with Gasteiger partial charge in [0.05, 0.1) is 0 Å². The molecule has 242 valence electrons. The monoisotopic (exact) mass is 742 g/mol. The van der Waals surface area contributed by atoms with Gasteiger partial charge in [-0.15, -0.1) is 11.1 Å². The van der Waals surface area contributed by atoms with Crippen molar-refractivity contribution in [3.63, 3.8) is 0 Å². The van der Waals surface area contributed by atoms with Crippen molar-refractivity contribution < 1.29 is 39.0 Å². The van der Waals surface area contributed by atoms with E-state index in [1.54, 1.807) is 0 Å². The van der Waals surface area contributed by atoms with E-state index in [1.165, 1.54) is 22.3 Å². The average molecular weight is 741 g/mol. The minimum Gasteiger partial charge on any atom is -0.289 e. The van der Waals surface area contributed by atoms with Crippen molar-refractivity contribution in [1.82, 2.24) is 0 Å². The second-order valence-corrected chi connectivity index (χ2v) is 17.4. The van der Waals surface area contributed by atoms with Crippen LogP contribution >= 0.6 is 0 Å². The van der Waals surface area contributed by atoms with Crippen LogP contribution in [0, 0.1) is 45.6 Å². The van der Waals surface area contributed by atoms with Crippen molar-refractivity contribution in [3.05, 3.63) is 71.4 Å². The summed E-state index contributed by atoms with van der Waals surface area (Å²) in [6.07, 6.45) is 6.44. The summed E-state index contributed by atoms with van der Waals surface area (Å²) in [6, 6.07) is 0. The maximum absolute atomic E-state index is 5.99. The van der Waals surface area contributed by atoms with Crippen LogP contribution in [0.4, 0.5) is 0 Å². The van der Waals surface area contributed by atoms with E-state index in [1.807, 2.05) is 0 Å². The van der Waals surface area contributed by atoms with E-state index in [9.17, 15) is 0 Å². The zero-order valence-electron chi connectivity index (χ0n) is 31.3. The topological polar surface area (TPSA) is 0 Å². The van der Waals surface area contributed by atoms with Crippen LogP contribution in [0.25, 0.3) is 0 Å². The summed E-state index contributed by atoms with van der Waals surface area (Å²) in [5.41, 5.74) is 8.22. The molecule has 0 atom stereocenters. The van der Waals surface area contributed by atoms with Gasteiger partial charge in [-0.3, -0.25) is 13.2 Å². The summed E-state index contributed by atoms with van der Waals surface area (Å²) >= 11 is 0. The van der Waals surface area contributed by atoms with Crippen LogP contribution in [-0.4, -0.2) is 0 Å². The fourth-order valence-corrected chi connectivity index (χ4v) is 2.03. The van der Waals surface area contributed by atoms with Gasteiger partial charge in [0.2, 0.25) is 0 Å². The molecule has 41 heavy (non-hydrogen) atoms. The maximum atomic E-state index is 5.99. The Bertz CT molecular complexity index is 781. The van der Waals surface area contributed by atoms with E-state index in [0.717, 1.165) is 11.1 Å². The Kier molecular flexibility index (Phi) is 22.7. The van der Waals surface area contributed by atoms with Crippen LogP contribution in [0.5, 0.6) is 0 Å². The summed E-state index contributed by atoms with van der Waals surface area (Å²) in [7, 11) is 0. The van der Waals surface area contributed by atoms with Gasteiger partial charge < -0.3 is 0 Å². The van der Waals surface area contributed by atoms with Gasteiger partial charge in [-0.25, -0.2) is 23.3 Å². The second-order valence-electron chi connectivity index (χ2n) is 17.4. The fourth-order valence-electron chi connectivity index (χ4n) is 2.03. The molecule has 2 heteroatoms. The van der Waals surface area contributed by atoms with Gasteiger partial charge in [0.15, 0.2) is 0 Å². The molecule has 0 amide bonds. The van der Waals surface area contributed by atoms with Gasteiger partial charge in [-0.2, -0.15) is 0 Å². The molecule has 0 N–H and O–H groups in total. The van der Waals surface area contributed by atoms with E-state index in [0.29, 0.717) is 0 Å². The van der Waals surface area contributed by atoms with E-state index in [-0.39, 0.29) is 71.4 Å². The smallest absolute Gasteiger partial charge is 0.289 e. The van der Waals surface area contributed by atoms with Crippen molar-refractivity contribution >= 4 is 0 Å². The Morgan fingerprint density at radius 2 is 0.610 bits per heavy atom. The van der Waals surface area contributed by atoms with Crippen LogP contribution in [0.1, 0.15) is 145 Å². The molecule has 0 unspecified atom stereocenters. The van der Waals surface area contributed by atoms with Crippen molar-refractivity contribution in [2.75, 3.05) is 0 Å². The first kappa shape index (κ1) is 50.3. The third-order valence-electron chi connectivity index (χ3n) is 7.38. The van der Waals surface area contributed by atoms with Gasteiger partial charge in [-0.05, 0) is 45.0 Å². The number of rotatable bonds is 3. The molecule has 0 aromatic rings. The molecule has 0 saturated carbocycles. The van der Waals surface area contributed by atoms with Gasteiger partial charge >= 0.3 is 19.5 Å². The molecule has 0 bridgehead atoms. The van der Waals surface area contributed by atoms with Gasteiger partial charge in [0.25, 0.3) is 0 Å². The average Bonchev–Trinajstić information content (AvgIpc) is 2.64. The molecule has 0 saturated heterocycles. The van der Waals surface area contributed by atoms with Crippen LogP contribution in [-0.2, 0) is 39.0 Å². The van der Waals surface area contributed by atoms with Crippen molar-refractivity contribution in [3.8, 4) is 0 Å². The predicted octanol–water partition coefficient (Wildman–Crippen LogP) is 13.3. The summed E-state index contributed by atoms with van der Waals surface area (Å²) in [4.78, 5) is 0. The maximum Gasteiger partial charge on any atom is 2.00 e. The van der Waals surface area contributed by atoms with Crippen molar-refractivity contribution in [1.29, 1.82) is 0 Å². The van der Waals surface area contributed by atoms with E-state index in [4.69, 9.17) is 13.2 Å². The molecule has 0 aromatic carbocycles. The van der Waals surface area contributed by atoms with Crippen LogP contribution < -0.4 is 0 Å². The summed E-state index contributed by atoms with van der Waals surface area (Å²) in [5, 5.41) is 0. The van der Waals surface area contributed by atoms with E-state index >= 15 is 0 Å². The number of allylic oxidation sites excluding steroid dienone is 9. The Hall–Kier alpha value is -0.313. The zero-order valence-corrected chi connectivity index (χ0v) is 34.8. The first-order valence-electron chi connectivity index (χ1n) is 14.7. The molecule has 0 aliphatic heterocycles. The first-order chi connectivity index (χ1) is 16.6. The minimum atomic E-state index is 0.